The second-order valence-electron chi connectivity index (χ2n) is 3.00. The summed E-state index contributed by atoms with van der Waals surface area (Å²) in [6.07, 6.45) is 0. The Hall–Kier alpha value is -0.540. The zero-order chi connectivity index (χ0) is 10.4. The van der Waals surface area contributed by atoms with E-state index in [0.717, 1.165) is 10.1 Å². The van der Waals surface area contributed by atoms with Gasteiger partial charge in [0, 0.05) is 6.04 Å². The predicted octanol–water partition coefficient (Wildman–Crippen LogP) is 3.38. The van der Waals surface area contributed by atoms with Crippen molar-refractivity contribution in [2.24, 2.45) is 0 Å². The van der Waals surface area contributed by atoms with Gasteiger partial charge in [0.15, 0.2) is 0 Å². The molecule has 0 unspecified atom stereocenters. The van der Waals surface area contributed by atoms with Crippen LogP contribution in [0.15, 0.2) is 30.3 Å². The van der Waals surface area contributed by atoms with Gasteiger partial charge in [0.25, 0.3) is 0 Å². The van der Waals surface area contributed by atoms with E-state index < -0.39 is 0 Å². The number of benzene rings is 1. The summed E-state index contributed by atoms with van der Waals surface area (Å²) >= 11 is 6.86. The quantitative estimate of drug-likeness (QED) is 0.792. The zero-order valence-corrected chi connectivity index (χ0v) is 10.1. The van der Waals surface area contributed by atoms with Gasteiger partial charge < -0.3 is 5.32 Å². The lowest BCUT2D eigenvalue weighted by Crippen LogP contribution is -2.22. The highest BCUT2D eigenvalue weighted by Crippen LogP contribution is 2.13. The SMILES string of the molecule is CCSC(=S)N[C@H](C)c1ccccc1. The summed E-state index contributed by atoms with van der Waals surface area (Å²) in [6, 6.07) is 10.6. The van der Waals surface area contributed by atoms with Crippen molar-refractivity contribution in [2.45, 2.75) is 19.9 Å². The average Bonchev–Trinajstić information content (AvgIpc) is 2.19. The Kier molecular flexibility index (Phi) is 4.98. The van der Waals surface area contributed by atoms with E-state index in [4.69, 9.17) is 12.2 Å². The summed E-state index contributed by atoms with van der Waals surface area (Å²) in [5, 5.41) is 3.29. The standard InChI is InChI=1S/C11H15NS2/c1-3-14-11(13)12-9(2)10-7-5-4-6-8-10/h4-9H,3H2,1-2H3,(H,12,13)/t9-/m1/s1. The second kappa shape index (κ2) is 6.04. The molecule has 1 atom stereocenters. The molecule has 0 aliphatic heterocycles. The predicted molar refractivity (Wildman–Crippen MR) is 68.7 cm³/mol. The summed E-state index contributed by atoms with van der Waals surface area (Å²) in [7, 11) is 0. The smallest absolute Gasteiger partial charge is 0.134 e. The Balaban J connectivity index is 2.50. The number of thioether (sulfide) groups is 1. The maximum atomic E-state index is 5.18. The molecule has 14 heavy (non-hydrogen) atoms. The van der Waals surface area contributed by atoms with Crippen LogP contribution in [0, 0.1) is 0 Å². The highest BCUT2D eigenvalue weighted by Gasteiger charge is 2.05. The normalized spacial score (nSPS) is 12.1. The van der Waals surface area contributed by atoms with Gasteiger partial charge in [0.1, 0.15) is 4.32 Å². The Morgan fingerprint density at radius 2 is 2.07 bits per heavy atom. The van der Waals surface area contributed by atoms with Gasteiger partial charge in [-0.15, -0.1) is 0 Å². The molecule has 1 N–H and O–H groups in total. The van der Waals surface area contributed by atoms with Crippen LogP contribution in [0.1, 0.15) is 25.5 Å². The third kappa shape index (κ3) is 3.68. The molecule has 0 heterocycles. The van der Waals surface area contributed by atoms with Crippen LogP contribution in [0.5, 0.6) is 0 Å². The molecule has 1 aromatic carbocycles. The second-order valence-corrected chi connectivity index (χ2v) is 4.94. The maximum Gasteiger partial charge on any atom is 0.134 e. The summed E-state index contributed by atoms with van der Waals surface area (Å²) in [5.41, 5.74) is 1.27. The number of rotatable bonds is 3. The molecule has 0 amide bonds. The van der Waals surface area contributed by atoms with Gasteiger partial charge in [-0.05, 0) is 18.2 Å². The summed E-state index contributed by atoms with van der Waals surface area (Å²) in [4.78, 5) is 0. The molecule has 1 aromatic rings. The van der Waals surface area contributed by atoms with E-state index in [1.165, 1.54) is 5.56 Å². The molecule has 0 aromatic heterocycles. The summed E-state index contributed by atoms with van der Waals surface area (Å²) < 4.78 is 0.879. The monoisotopic (exact) mass is 225 g/mol. The van der Waals surface area contributed by atoms with E-state index in [1.807, 2.05) is 18.2 Å². The molecule has 0 fully saturated rings. The van der Waals surface area contributed by atoms with E-state index in [2.05, 4.69) is 31.3 Å². The number of hydrogen-bond donors (Lipinski definition) is 1. The Labute approximate surface area is 95.3 Å². The molecule has 76 valence electrons. The fourth-order valence-electron chi connectivity index (χ4n) is 1.17. The molecule has 0 bridgehead atoms. The van der Waals surface area contributed by atoms with Gasteiger partial charge in [-0.3, -0.25) is 0 Å². The molecule has 0 spiro atoms. The highest BCUT2D eigenvalue weighted by atomic mass is 32.2. The van der Waals surface area contributed by atoms with Crippen molar-refractivity contribution in [3.63, 3.8) is 0 Å². The number of nitrogens with one attached hydrogen (secondary N) is 1. The molecule has 1 nitrogen and oxygen atoms in total. The molecule has 1 rings (SSSR count). The average molecular weight is 225 g/mol. The van der Waals surface area contributed by atoms with Crippen LogP contribution < -0.4 is 5.32 Å². The van der Waals surface area contributed by atoms with Crippen LogP contribution in [-0.2, 0) is 0 Å². The van der Waals surface area contributed by atoms with Crippen LogP contribution in [0.3, 0.4) is 0 Å². The molecular weight excluding hydrogens is 210 g/mol. The maximum absolute atomic E-state index is 5.18. The lowest BCUT2D eigenvalue weighted by Gasteiger charge is -2.15. The summed E-state index contributed by atoms with van der Waals surface area (Å²) in [5.74, 6) is 1.02. The minimum Gasteiger partial charge on any atom is -0.364 e. The van der Waals surface area contributed by atoms with Gasteiger partial charge in [-0.25, -0.2) is 0 Å². The third-order valence-corrected chi connectivity index (χ3v) is 3.05. The van der Waals surface area contributed by atoms with Crippen molar-refractivity contribution in [1.29, 1.82) is 0 Å². The molecule has 0 aliphatic rings. The molecule has 0 saturated heterocycles. The molecule has 0 radical (unpaired) electrons. The van der Waals surface area contributed by atoms with Crippen molar-refractivity contribution in [3.05, 3.63) is 35.9 Å². The van der Waals surface area contributed by atoms with E-state index >= 15 is 0 Å². The van der Waals surface area contributed by atoms with Gasteiger partial charge >= 0.3 is 0 Å². The highest BCUT2D eigenvalue weighted by molar-refractivity contribution is 8.22. The largest absolute Gasteiger partial charge is 0.364 e. The van der Waals surface area contributed by atoms with Gasteiger partial charge in [0.05, 0.1) is 0 Å². The van der Waals surface area contributed by atoms with Crippen molar-refractivity contribution in [3.8, 4) is 0 Å². The van der Waals surface area contributed by atoms with Crippen LogP contribution in [0.4, 0.5) is 0 Å². The Morgan fingerprint density at radius 3 is 2.64 bits per heavy atom. The number of hydrogen-bond acceptors (Lipinski definition) is 2. The van der Waals surface area contributed by atoms with Crippen LogP contribution in [0.25, 0.3) is 0 Å². The van der Waals surface area contributed by atoms with Crippen LogP contribution in [0.2, 0.25) is 0 Å². The number of thiocarbonyl (C=S) groups is 1. The van der Waals surface area contributed by atoms with E-state index in [9.17, 15) is 0 Å². The molecule has 0 saturated carbocycles. The minimum absolute atomic E-state index is 0.294. The first-order chi connectivity index (χ1) is 6.74. The summed E-state index contributed by atoms with van der Waals surface area (Å²) in [6.45, 7) is 4.23. The van der Waals surface area contributed by atoms with Crippen molar-refractivity contribution in [1.82, 2.24) is 5.32 Å². The lowest BCUT2D eigenvalue weighted by atomic mass is 10.1. The topological polar surface area (TPSA) is 12.0 Å². The van der Waals surface area contributed by atoms with Crippen molar-refractivity contribution >= 4 is 28.3 Å². The zero-order valence-electron chi connectivity index (χ0n) is 8.49. The first-order valence-corrected chi connectivity index (χ1v) is 6.11. The van der Waals surface area contributed by atoms with E-state index in [-0.39, 0.29) is 0 Å². The molecule has 0 aliphatic carbocycles. The minimum atomic E-state index is 0.294. The van der Waals surface area contributed by atoms with Gasteiger partial charge in [-0.1, -0.05) is 61.2 Å². The van der Waals surface area contributed by atoms with E-state index in [1.54, 1.807) is 11.8 Å². The first-order valence-electron chi connectivity index (χ1n) is 4.72. The molecular formula is C11H15NS2. The van der Waals surface area contributed by atoms with Crippen molar-refractivity contribution in [2.75, 3.05) is 5.75 Å². The first kappa shape index (κ1) is 11.5. The fourth-order valence-corrected chi connectivity index (χ4v) is 2.23. The fraction of sp³-hybridized carbons (Fsp3) is 0.364. The molecule has 3 heteroatoms. The van der Waals surface area contributed by atoms with Crippen molar-refractivity contribution < 1.29 is 0 Å². The third-order valence-electron chi connectivity index (χ3n) is 1.91. The van der Waals surface area contributed by atoms with Gasteiger partial charge in [0.2, 0.25) is 0 Å². The Bertz CT molecular complexity index is 285. The van der Waals surface area contributed by atoms with Crippen LogP contribution >= 0.6 is 24.0 Å². The van der Waals surface area contributed by atoms with Gasteiger partial charge in [-0.2, -0.15) is 0 Å². The van der Waals surface area contributed by atoms with E-state index in [0.29, 0.717) is 6.04 Å². The Morgan fingerprint density at radius 1 is 1.43 bits per heavy atom. The lowest BCUT2D eigenvalue weighted by molar-refractivity contribution is 0.730. The van der Waals surface area contributed by atoms with Crippen LogP contribution in [-0.4, -0.2) is 10.1 Å².